The number of ketones is 1. The number of Topliss-reactive ketones (excluding diaryl/α,β-unsaturated/α-hetero) is 1. The Bertz CT molecular complexity index is 1040. The normalized spacial score (nSPS) is 17.0. The second kappa shape index (κ2) is 5.42. The number of aromatic amines is 1. The zero-order valence-electron chi connectivity index (χ0n) is 12.5. The summed E-state index contributed by atoms with van der Waals surface area (Å²) < 4.78 is 0. The van der Waals surface area contributed by atoms with Crippen molar-refractivity contribution in [3.05, 3.63) is 62.5 Å². The lowest BCUT2D eigenvalue weighted by molar-refractivity contribution is 0.0964. The van der Waals surface area contributed by atoms with E-state index in [1.165, 1.54) is 6.20 Å². The molecule has 4 rings (SSSR count). The fraction of sp³-hybridized carbons (Fsp3) is 0.176. The zero-order chi connectivity index (χ0) is 16.8. The van der Waals surface area contributed by atoms with Gasteiger partial charge in [-0.2, -0.15) is 4.98 Å². The number of aromatic nitrogens is 3. The van der Waals surface area contributed by atoms with Crippen molar-refractivity contribution in [2.75, 3.05) is 5.73 Å². The van der Waals surface area contributed by atoms with Gasteiger partial charge in [-0.3, -0.25) is 14.6 Å². The quantitative estimate of drug-likeness (QED) is 0.708. The standard InChI is InChI=1S/C17H13ClN4O2/c18-10-3-1-2-8(4-10)9-5-11-12(13(23)6-9)7-20-15-14(11)16(24)22-17(19)21-15/h1-4,7,9H,5-6H2,(H3,19,20,21,22,24)/t9-/m0/s1. The monoisotopic (exact) mass is 340 g/mol. The molecule has 3 aromatic rings. The number of anilines is 1. The molecular formula is C17H13ClN4O2. The second-order valence-electron chi connectivity index (χ2n) is 5.88. The van der Waals surface area contributed by atoms with E-state index in [1.54, 1.807) is 6.07 Å². The maximum atomic E-state index is 12.5. The number of carbonyl (C=O) groups is 1. The second-order valence-corrected chi connectivity index (χ2v) is 6.32. The van der Waals surface area contributed by atoms with Gasteiger partial charge in [-0.15, -0.1) is 0 Å². The Morgan fingerprint density at radius 2 is 2.08 bits per heavy atom. The molecule has 0 saturated carbocycles. The lowest BCUT2D eigenvalue weighted by Crippen LogP contribution is -2.23. The minimum absolute atomic E-state index is 0.00785. The van der Waals surface area contributed by atoms with E-state index in [2.05, 4.69) is 15.0 Å². The molecular weight excluding hydrogens is 328 g/mol. The zero-order valence-corrected chi connectivity index (χ0v) is 13.3. The number of fused-ring (bicyclic) bond motifs is 3. The molecule has 0 bridgehead atoms. The molecule has 2 heterocycles. The van der Waals surface area contributed by atoms with Crippen LogP contribution in [0.25, 0.3) is 11.0 Å². The van der Waals surface area contributed by atoms with Crippen LogP contribution >= 0.6 is 11.6 Å². The SMILES string of the molecule is Nc1nc2ncc3c(c2c(=O)[nH]1)C[C@H](c1cccc(Cl)c1)CC3=O. The average molecular weight is 341 g/mol. The van der Waals surface area contributed by atoms with Gasteiger partial charge in [0.2, 0.25) is 5.95 Å². The number of rotatable bonds is 1. The maximum absolute atomic E-state index is 12.5. The summed E-state index contributed by atoms with van der Waals surface area (Å²) >= 11 is 6.06. The Morgan fingerprint density at radius 3 is 2.88 bits per heavy atom. The maximum Gasteiger partial charge on any atom is 0.262 e. The molecule has 1 atom stereocenters. The van der Waals surface area contributed by atoms with Crippen molar-refractivity contribution in [1.82, 2.24) is 15.0 Å². The molecule has 24 heavy (non-hydrogen) atoms. The summed E-state index contributed by atoms with van der Waals surface area (Å²) in [5, 5.41) is 0.958. The van der Waals surface area contributed by atoms with Crippen molar-refractivity contribution in [2.24, 2.45) is 0 Å². The van der Waals surface area contributed by atoms with Gasteiger partial charge in [0.1, 0.15) is 0 Å². The van der Waals surface area contributed by atoms with Crippen LogP contribution in [0.5, 0.6) is 0 Å². The Kier molecular flexibility index (Phi) is 3.35. The summed E-state index contributed by atoms with van der Waals surface area (Å²) in [6.07, 6.45) is 2.40. The van der Waals surface area contributed by atoms with Crippen LogP contribution in [-0.4, -0.2) is 20.7 Å². The highest BCUT2D eigenvalue weighted by atomic mass is 35.5. The number of hydrogen-bond acceptors (Lipinski definition) is 5. The number of nitrogens with zero attached hydrogens (tertiary/aromatic N) is 2. The van der Waals surface area contributed by atoms with E-state index in [-0.39, 0.29) is 28.9 Å². The largest absolute Gasteiger partial charge is 0.369 e. The van der Waals surface area contributed by atoms with Gasteiger partial charge < -0.3 is 5.73 Å². The number of carbonyl (C=O) groups excluding carboxylic acids is 1. The summed E-state index contributed by atoms with van der Waals surface area (Å²) in [6.45, 7) is 0. The van der Waals surface area contributed by atoms with Crippen molar-refractivity contribution in [2.45, 2.75) is 18.8 Å². The molecule has 1 aliphatic rings. The highest BCUT2D eigenvalue weighted by Gasteiger charge is 2.29. The Hall–Kier alpha value is -2.73. The molecule has 2 aromatic heterocycles. The first-order chi connectivity index (χ1) is 11.5. The highest BCUT2D eigenvalue weighted by molar-refractivity contribution is 6.30. The van der Waals surface area contributed by atoms with Crippen molar-refractivity contribution in [1.29, 1.82) is 0 Å². The van der Waals surface area contributed by atoms with E-state index in [0.29, 0.717) is 34.4 Å². The predicted octanol–water partition coefficient (Wildman–Crippen LogP) is 2.47. The first-order valence-electron chi connectivity index (χ1n) is 7.49. The van der Waals surface area contributed by atoms with Crippen LogP contribution in [0.1, 0.15) is 33.8 Å². The van der Waals surface area contributed by atoms with Gasteiger partial charge in [0.15, 0.2) is 11.4 Å². The summed E-state index contributed by atoms with van der Waals surface area (Å²) in [7, 11) is 0. The van der Waals surface area contributed by atoms with Crippen LogP contribution in [0.4, 0.5) is 5.95 Å². The van der Waals surface area contributed by atoms with E-state index in [0.717, 1.165) is 5.56 Å². The molecule has 1 aromatic carbocycles. The third-order valence-electron chi connectivity index (χ3n) is 4.36. The topological polar surface area (TPSA) is 102 Å². The molecule has 0 fully saturated rings. The summed E-state index contributed by atoms with van der Waals surface area (Å²) in [5.41, 5.74) is 7.60. The molecule has 0 spiro atoms. The number of nitrogens with two attached hydrogens (primary N) is 1. The molecule has 6 nitrogen and oxygen atoms in total. The molecule has 120 valence electrons. The average Bonchev–Trinajstić information content (AvgIpc) is 2.53. The molecule has 3 N–H and O–H groups in total. The number of benzene rings is 1. The lowest BCUT2D eigenvalue weighted by atomic mass is 9.79. The van der Waals surface area contributed by atoms with Crippen molar-refractivity contribution in [3.8, 4) is 0 Å². The van der Waals surface area contributed by atoms with E-state index in [1.807, 2.05) is 18.2 Å². The van der Waals surface area contributed by atoms with Crippen LogP contribution in [0.15, 0.2) is 35.3 Å². The number of nitrogens with one attached hydrogen (secondary N) is 1. The molecule has 0 aliphatic heterocycles. The third kappa shape index (κ3) is 2.35. The molecule has 0 unspecified atom stereocenters. The van der Waals surface area contributed by atoms with E-state index < -0.39 is 0 Å². The van der Waals surface area contributed by atoms with Crippen LogP contribution in [0.3, 0.4) is 0 Å². The number of nitrogen functional groups attached to an aromatic ring is 1. The van der Waals surface area contributed by atoms with Gasteiger partial charge >= 0.3 is 0 Å². The lowest BCUT2D eigenvalue weighted by Gasteiger charge is -2.24. The van der Waals surface area contributed by atoms with Gasteiger partial charge in [0.25, 0.3) is 5.56 Å². The summed E-state index contributed by atoms with van der Waals surface area (Å²) in [6, 6.07) is 7.45. The highest BCUT2D eigenvalue weighted by Crippen LogP contribution is 2.35. The molecule has 0 saturated heterocycles. The minimum Gasteiger partial charge on any atom is -0.369 e. The predicted molar refractivity (Wildman–Crippen MR) is 91.4 cm³/mol. The summed E-state index contributed by atoms with van der Waals surface area (Å²) in [5.74, 6) is -0.0634. The molecule has 1 aliphatic carbocycles. The van der Waals surface area contributed by atoms with Gasteiger partial charge in [0.05, 0.1) is 5.39 Å². The first kappa shape index (κ1) is 14.8. The minimum atomic E-state index is -0.374. The van der Waals surface area contributed by atoms with Gasteiger partial charge in [0, 0.05) is 23.2 Å². The van der Waals surface area contributed by atoms with E-state index in [4.69, 9.17) is 17.3 Å². The van der Waals surface area contributed by atoms with Gasteiger partial charge in [-0.25, -0.2) is 4.98 Å². The van der Waals surface area contributed by atoms with Crippen LogP contribution in [0.2, 0.25) is 5.02 Å². The van der Waals surface area contributed by atoms with Crippen LogP contribution < -0.4 is 11.3 Å². The van der Waals surface area contributed by atoms with Gasteiger partial charge in [-0.1, -0.05) is 23.7 Å². The fourth-order valence-electron chi connectivity index (χ4n) is 3.28. The molecule has 0 radical (unpaired) electrons. The molecule has 0 amide bonds. The fourth-order valence-corrected chi connectivity index (χ4v) is 3.48. The first-order valence-corrected chi connectivity index (χ1v) is 7.87. The Balaban J connectivity index is 1.91. The van der Waals surface area contributed by atoms with Gasteiger partial charge in [-0.05, 0) is 35.6 Å². The third-order valence-corrected chi connectivity index (χ3v) is 4.60. The smallest absolute Gasteiger partial charge is 0.262 e. The number of halogens is 1. The van der Waals surface area contributed by atoms with Crippen molar-refractivity contribution < 1.29 is 4.79 Å². The number of hydrogen-bond donors (Lipinski definition) is 2. The van der Waals surface area contributed by atoms with E-state index >= 15 is 0 Å². The van der Waals surface area contributed by atoms with Crippen LogP contribution in [0, 0.1) is 0 Å². The number of H-pyrrole nitrogens is 1. The van der Waals surface area contributed by atoms with Crippen molar-refractivity contribution in [3.63, 3.8) is 0 Å². The number of pyridine rings is 1. The van der Waals surface area contributed by atoms with Crippen molar-refractivity contribution >= 4 is 34.4 Å². The summed E-state index contributed by atoms with van der Waals surface area (Å²) in [4.78, 5) is 35.5. The molecule has 7 heteroatoms. The van der Waals surface area contributed by atoms with Crippen LogP contribution in [-0.2, 0) is 6.42 Å². The Morgan fingerprint density at radius 1 is 1.25 bits per heavy atom. The van der Waals surface area contributed by atoms with E-state index in [9.17, 15) is 9.59 Å². The Labute approximate surface area is 141 Å².